The second kappa shape index (κ2) is 5.29. The van der Waals surface area contributed by atoms with E-state index < -0.39 is 0 Å². The maximum absolute atomic E-state index is 11.8. The predicted octanol–water partition coefficient (Wildman–Crippen LogP) is 2.36. The molecule has 0 bridgehead atoms. The van der Waals surface area contributed by atoms with Gasteiger partial charge in [0.25, 0.3) is 0 Å². The molecule has 0 aromatic heterocycles. The highest BCUT2D eigenvalue weighted by atomic mass is 16.2. The number of rotatable bonds is 3. The van der Waals surface area contributed by atoms with Gasteiger partial charge in [0.15, 0.2) is 0 Å². The summed E-state index contributed by atoms with van der Waals surface area (Å²) >= 11 is 0. The lowest BCUT2D eigenvalue weighted by Crippen LogP contribution is -2.40. The smallest absolute Gasteiger partial charge is 0.230 e. The molecule has 0 saturated carbocycles. The van der Waals surface area contributed by atoms with E-state index in [0.29, 0.717) is 5.92 Å². The van der Waals surface area contributed by atoms with E-state index in [4.69, 9.17) is 0 Å². The molecular weight excluding hydrogens is 190 g/mol. The summed E-state index contributed by atoms with van der Waals surface area (Å²) in [4.78, 5) is 22.6. The van der Waals surface area contributed by atoms with Crippen LogP contribution in [0.5, 0.6) is 0 Å². The second-order valence-electron chi connectivity index (χ2n) is 5.59. The van der Waals surface area contributed by atoms with Crippen molar-refractivity contribution in [3.05, 3.63) is 0 Å². The standard InChI is InChI=1S/C12H23NO2/c1-8(2)7-10(12(4,5)6)11(15)13-9(3)14/h8,10H,7H2,1-6H3,(H,13,14,15). The Kier molecular flexibility index (Phi) is 4.98. The molecule has 15 heavy (non-hydrogen) atoms. The topological polar surface area (TPSA) is 46.2 Å². The highest BCUT2D eigenvalue weighted by molar-refractivity contribution is 5.95. The van der Waals surface area contributed by atoms with Gasteiger partial charge in [-0.15, -0.1) is 0 Å². The van der Waals surface area contributed by atoms with Gasteiger partial charge in [-0.05, 0) is 17.8 Å². The molecule has 3 heteroatoms. The minimum Gasteiger partial charge on any atom is -0.296 e. The molecule has 0 spiro atoms. The van der Waals surface area contributed by atoms with Crippen molar-refractivity contribution in [3.8, 4) is 0 Å². The molecule has 0 aliphatic carbocycles. The lowest BCUT2D eigenvalue weighted by molar-refractivity contribution is -0.134. The van der Waals surface area contributed by atoms with E-state index in [2.05, 4.69) is 19.2 Å². The van der Waals surface area contributed by atoms with Crippen LogP contribution in [0.15, 0.2) is 0 Å². The lowest BCUT2D eigenvalue weighted by atomic mass is 9.76. The second-order valence-corrected chi connectivity index (χ2v) is 5.59. The highest BCUT2D eigenvalue weighted by Crippen LogP contribution is 2.31. The number of hydrogen-bond donors (Lipinski definition) is 1. The van der Waals surface area contributed by atoms with Crippen molar-refractivity contribution in [3.63, 3.8) is 0 Å². The average Bonchev–Trinajstić information content (AvgIpc) is 1.95. The molecule has 2 amide bonds. The summed E-state index contributed by atoms with van der Waals surface area (Å²) < 4.78 is 0. The van der Waals surface area contributed by atoms with Crippen molar-refractivity contribution in [2.75, 3.05) is 0 Å². The van der Waals surface area contributed by atoms with Crippen molar-refractivity contribution >= 4 is 11.8 Å². The fraction of sp³-hybridized carbons (Fsp3) is 0.833. The molecule has 1 N–H and O–H groups in total. The van der Waals surface area contributed by atoms with Crippen LogP contribution in [0, 0.1) is 17.3 Å². The first kappa shape index (κ1) is 14.1. The van der Waals surface area contributed by atoms with Gasteiger partial charge in [-0.3, -0.25) is 14.9 Å². The van der Waals surface area contributed by atoms with Crippen molar-refractivity contribution < 1.29 is 9.59 Å². The number of amides is 2. The Morgan fingerprint density at radius 3 is 1.93 bits per heavy atom. The Labute approximate surface area is 92.6 Å². The summed E-state index contributed by atoms with van der Waals surface area (Å²) in [6.07, 6.45) is 0.808. The maximum Gasteiger partial charge on any atom is 0.230 e. The number of carbonyl (C=O) groups is 2. The zero-order valence-corrected chi connectivity index (χ0v) is 10.7. The minimum absolute atomic E-state index is 0.107. The first-order chi connectivity index (χ1) is 6.64. The van der Waals surface area contributed by atoms with Gasteiger partial charge >= 0.3 is 0 Å². The number of nitrogens with one attached hydrogen (secondary N) is 1. The van der Waals surface area contributed by atoms with E-state index in [1.807, 2.05) is 20.8 Å². The summed E-state index contributed by atoms with van der Waals surface area (Å²) in [5.41, 5.74) is -0.107. The fourth-order valence-corrected chi connectivity index (χ4v) is 1.59. The van der Waals surface area contributed by atoms with Crippen LogP contribution in [0.2, 0.25) is 0 Å². The molecule has 0 aliphatic rings. The maximum atomic E-state index is 11.8. The van der Waals surface area contributed by atoms with Crippen molar-refractivity contribution in [2.24, 2.45) is 17.3 Å². The Hall–Kier alpha value is -0.860. The molecule has 88 valence electrons. The molecular formula is C12H23NO2. The van der Waals surface area contributed by atoms with Crippen molar-refractivity contribution in [2.45, 2.75) is 48.0 Å². The molecule has 0 saturated heterocycles. The van der Waals surface area contributed by atoms with E-state index in [9.17, 15) is 9.59 Å². The summed E-state index contributed by atoms with van der Waals surface area (Å²) in [6.45, 7) is 11.6. The van der Waals surface area contributed by atoms with Gasteiger partial charge in [0.05, 0.1) is 0 Å². The normalized spacial score (nSPS) is 13.8. The monoisotopic (exact) mass is 213 g/mol. The molecule has 0 aromatic carbocycles. The number of imide groups is 1. The Morgan fingerprint density at radius 2 is 1.67 bits per heavy atom. The quantitative estimate of drug-likeness (QED) is 0.782. The van der Waals surface area contributed by atoms with E-state index in [-0.39, 0.29) is 23.1 Å². The van der Waals surface area contributed by atoms with Gasteiger partial charge in [-0.25, -0.2) is 0 Å². The molecule has 3 nitrogen and oxygen atoms in total. The Bertz CT molecular complexity index is 238. The van der Waals surface area contributed by atoms with E-state index in [1.165, 1.54) is 6.92 Å². The highest BCUT2D eigenvalue weighted by Gasteiger charge is 2.31. The molecule has 0 radical (unpaired) electrons. The molecule has 0 heterocycles. The third-order valence-electron chi connectivity index (χ3n) is 2.37. The molecule has 1 unspecified atom stereocenters. The third kappa shape index (κ3) is 5.55. The lowest BCUT2D eigenvalue weighted by Gasteiger charge is -2.30. The van der Waals surface area contributed by atoms with Crippen LogP contribution >= 0.6 is 0 Å². The van der Waals surface area contributed by atoms with Crippen LogP contribution in [-0.2, 0) is 9.59 Å². The van der Waals surface area contributed by atoms with Crippen LogP contribution in [0.25, 0.3) is 0 Å². The molecule has 0 fully saturated rings. The zero-order valence-electron chi connectivity index (χ0n) is 10.7. The average molecular weight is 213 g/mol. The zero-order chi connectivity index (χ0) is 12.2. The fourth-order valence-electron chi connectivity index (χ4n) is 1.59. The molecule has 0 aromatic rings. The van der Waals surface area contributed by atoms with Gasteiger partial charge in [0.1, 0.15) is 0 Å². The summed E-state index contributed by atoms with van der Waals surface area (Å²) in [6, 6.07) is 0. The van der Waals surface area contributed by atoms with Crippen LogP contribution in [0.4, 0.5) is 0 Å². The van der Waals surface area contributed by atoms with Gasteiger partial charge < -0.3 is 0 Å². The molecule has 1 atom stereocenters. The van der Waals surface area contributed by atoms with E-state index in [1.54, 1.807) is 0 Å². The number of carbonyl (C=O) groups excluding carboxylic acids is 2. The number of hydrogen-bond acceptors (Lipinski definition) is 2. The molecule has 0 aliphatic heterocycles. The summed E-state index contributed by atoms with van der Waals surface area (Å²) in [5, 5.41) is 2.38. The van der Waals surface area contributed by atoms with Crippen LogP contribution in [0.3, 0.4) is 0 Å². The minimum atomic E-state index is -0.280. The summed E-state index contributed by atoms with van der Waals surface area (Å²) in [5.74, 6) is -0.0879. The van der Waals surface area contributed by atoms with Crippen molar-refractivity contribution in [1.29, 1.82) is 0 Å². The Balaban J connectivity index is 4.63. The first-order valence-corrected chi connectivity index (χ1v) is 5.46. The SMILES string of the molecule is CC(=O)NC(=O)C(CC(C)C)C(C)(C)C. The van der Waals surface area contributed by atoms with Crippen LogP contribution < -0.4 is 5.32 Å². The Morgan fingerprint density at radius 1 is 1.20 bits per heavy atom. The van der Waals surface area contributed by atoms with Gasteiger partial charge in [0.2, 0.25) is 11.8 Å². The molecule has 0 rings (SSSR count). The summed E-state index contributed by atoms with van der Waals surface area (Å²) in [7, 11) is 0. The first-order valence-electron chi connectivity index (χ1n) is 5.46. The van der Waals surface area contributed by atoms with Crippen LogP contribution in [-0.4, -0.2) is 11.8 Å². The van der Waals surface area contributed by atoms with Crippen molar-refractivity contribution in [1.82, 2.24) is 5.32 Å². The van der Waals surface area contributed by atoms with Gasteiger partial charge in [-0.1, -0.05) is 34.6 Å². The third-order valence-corrected chi connectivity index (χ3v) is 2.37. The van der Waals surface area contributed by atoms with Gasteiger partial charge in [-0.2, -0.15) is 0 Å². The van der Waals surface area contributed by atoms with E-state index in [0.717, 1.165) is 6.42 Å². The largest absolute Gasteiger partial charge is 0.296 e. The van der Waals surface area contributed by atoms with E-state index >= 15 is 0 Å². The predicted molar refractivity (Wildman–Crippen MR) is 61.2 cm³/mol. The van der Waals surface area contributed by atoms with Gasteiger partial charge in [0, 0.05) is 12.8 Å². The van der Waals surface area contributed by atoms with Crippen LogP contribution in [0.1, 0.15) is 48.0 Å².